The largest absolute Gasteiger partial charge is 0.316 e. The van der Waals surface area contributed by atoms with Crippen molar-refractivity contribution in [3.63, 3.8) is 0 Å². The van der Waals surface area contributed by atoms with Crippen LogP contribution < -0.4 is 5.32 Å². The second kappa shape index (κ2) is 6.23. The highest BCUT2D eigenvalue weighted by molar-refractivity contribution is 5.54. The first-order valence-electron chi connectivity index (χ1n) is 7.65. The maximum Gasteiger partial charge on any atom is 0.137 e. The molecule has 1 aliphatic carbocycles. The lowest BCUT2D eigenvalue weighted by atomic mass is 9.83. The van der Waals surface area contributed by atoms with E-state index >= 15 is 0 Å². The van der Waals surface area contributed by atoms with Gasteiger partial charge < -0.3 is 9.72 Å². The summed E-state index contributed by atoms with van der Waals surface area (Å²) in [5, 5.41) is 3.32. The molecule has 0 bridgehead atoms. The Bertz CT molecular complexity index is 558. The average molecular weight is 269 g/mol. The van der Waals surface area contributed by atoms with E-state index in [1.807, 2.05) is 19.2 Å². The summed E-state index contributed by atoms with van der Waals surface area (Å²) in [4.78, 5) is 4.69. The molecule has 2 heterocycles. The Morgan fingerprint density at radius 2 is 2.20 bits per heavy atom. The molecule has 0 saturated heterocycles. The number of nitrogens with zero attached hydrogens (tertiary/aromatic N) is 2. The summed E-state index contributed by atoms with van der Waals surface area (Å²) in [6.07, 6.45) is 13.3. The van der Waals surface area contributed by atoms with Crippen molar-refractivity contribution in [1.82, 2.24) is 14.7 Å². The van der Waals surface area contributed by atoms with Gasteiger partial charge in [0.05, 0.1) is 5.69 Å². The van der Waals surface area contributed by atoms with Gasteiger partial charge in [-0.1, -0.05) is 30.9 Å². The Morgan fingerprint density at radius 1 is 1.35 bits per heavy atom. The Hall–Kier alpha value is -1.61. The molecule has 3 heteroatoms. The molecular formula is C17H23N3. The molecule has 20 heavy (non-hydrogen) atoms. The van der Waals surface area contributed by atoms with Crippen LogP contribution in [0.1, 0.15) is 37.8 Å². The van der Waals surface area contributed by atoms with Crippen LogP contribution in [0.5, 0.6) is 0 Å². The maximum absolute atomic E-state index is 4.69. The number of likely N-dealkylation sites (N-methyl/N-ethyl adjacent to an activating group) is 1. The minimum atomic E-state index is 0.737. The van der Waals surface area contributed by atoms with Gasteiger partial charge in [0.15, 0.2) is 0 Å². The van der Waals surface area contributed by atoms with Gasteiger partial charge >= 0.3 is 0 Å². The molecule has 3 rings (SSSR count). The van der Waals surface area contributed by atoms with Gasteiger partial charge in [-0.3, -0.25) is 0 Å². The quantitative estimate of drug-likeness (QED) is 0.920. The van der Waals surface area contributed by atoms with Gasteiger partial charge in [-0.05, 0) is 44.0 Å². The van der Waals surface area contributed by atoms with Crippen molar-refractivity contribution in [3.8, 4) is 0 Å². The molecular weight excluding hydrogens is 246 g/mol. The number of nitrogens with one attached hydrogen (secondary N) is 1. The van der Waals surface area contributed by atoms with Crippen LogP contribution in [0.15, 0.2) is 36.2 Å². The van der Waals surface area contributed by atoms with Crippen molar-refractivity contribution >= 4 is 11.7 Å². The summed E-state index contributed by atoms with van der Waals surface area (Å²) in [7, 11) is 2.03. The highest BCUT2D eigenvalue weighted by Crippen LogP contribution is 2.30. The van der Waals surface area contributed by atoms with Crippen LogP contribution in [0.4, 0.5) is 0 Å². The maximum atomic E-state index is 4.69. The first kappa shape index (κ1) is 13.4. The fourth-order valence-corrected chi connectivity index (χ4v) is 3.20. The number of imidazole rings is 1. The first-order chi connectivity index (χ1) is 9.86. The third kappa shape index (κ3) is 2.93. The van der Waals surface area contributed by atoms with Crippen molar-refractivity contribution in [2.45, 2.75) is 32.1 Å². The molecule has 1 N–H and O–H groups in total. The Morgan fingerprint density at radius 3 is 2.95 bits per heavy atom. The SMILES string of the molecule is CNC/C(=C/c1cn2ccccc2n1)C1CCCCC1. The topological polar surface area (TPSA) is 29.3 Å². The summed E-state index contributed by atoms with van der Waals surface area (Å²) >= 11 is 0. The summed E-state index contributed by atoms with van der Waals surface area (Å²) in [5.74, 6) is 0.737. The Kier molecular flexibility index (Phi) is 4.16. The summed E-state index contributed by atoms with van der Waals surface area (Å²) < 4.78 is 2.09. The van der Waals surface area contributed by atoms with Gasteiger partial charge in [-0.2, -0.15) is 0 Å². The molecule has 1 saturated carbocycles. The fraction of sp³-hybridized carbons (Fsp3) is 0.471. The molecule has 0 aliphatic heterocycles. The van der Waals surface area contributed by atoms with Crippen LogP contribution >= 0.6 is 0 Å². The van der Waals surface area contributed by atoms with Gasteiger partial charge in [0.1, 0.15) is 5.65 Å². The number of hydrogen-bond donors (Lipinski definition) is 1. The Balaban J connectivity index is 1.88. The van der Waals surface area contributed by atoms with Crippen molar-refractivity contribution in [2.24, 2.45) is 5.92 Å². The molecule has 0 radical (unpaired) electrons. The van der Waals surface area contributed by atoms with E-state index in [2.05, 4.69) is 39.2 Å². The van der Waals surface area contributed by atoms with Crippen LogP contribution in [-0.4, -0.2) is 23.0 Å². The summed E-state index contributed by atoms with van der Waals surface area (Å²) in [6.45, 7) is 0.971. The lowest BCUT2D eigenvalue weighted by molar-refractivity contribution is 0.398. The molecule has 0 atom stereocenters. The van der Waals surface area contributed by atoms with E-state index in [4.69, 9.17) is 0 Å². The van der Waals surface area contributed by atoms with Crippen molar-refractivity contribution in [2.75, 3.05) is 13.6 Å². The standard InChI is InChI=1S/C17H23N3/c1-18-12-15(14-7-3-2-4-8-14)11-16-13-20-10-6-5-9-17(20)19-16/h5-6,9-11,13-14,18H,2-4,7-8,12H2,1H3/b15-11-. The fourth-order valence-electron chi connectivity index (χ4n) is 3.20. The third-order valence-electron chi connectivity index (χ3n) is 4.23. The van der Waals surface area contributed by atoms with Crippen LogP contribution in [0.25, 0.3) is 11.7 Å². The molecule has 3 nitrogen and oxygen atoms in total. The number of pyridine rings is 1. The minimum absolute atomic E-state index is 0.737. The van der Waals surface area contributed by atoms with E-state index in [0.717, 1.165) is 23.8 Å². The molecule has 0 aromatic carbocycles. The highest BCUT2D eigenvalue weighted by atomic mass is 15.0. The van der Waals surface area contributed by atoms with Gasteiger partial charge in [0, 0.05) is 18.9 Å². The normalized spacial score (nSPS) is 17.8. The van der Waals surface area contributed by atoms with E-state index < -0.39 is 0 Å². The number of hydrogen-bond acceptors (Lipinski definition) is 2. The van der Waals surface area contributed by atoms with E-state index in [-0.39, 0.29) is 0 Å². The Labute approximate surface area is 120 Å². The van der Waals surface area contributed by atoms with Crippen molar-refractivity contribution in [3.05, 3.63) is 41.9 Å². The number of aromatic nitrogens is 2. The number of fused-ring (bicyclic) bond motifs is 1. The van der Waals surface area contributed by atoms with Gasteiger partial charge in [0.25, 0.3) is 0 Å². The molecule has 2 aromatic heterocycles. The van der Waals surface area contributed by atoms with Crippen LogP contribution in [0.3, 0.4) is 0 Å². The minimum Gasteiger partial charge on any atom is -0.316 e. The van der Waals surface area contributed by atoms with Crippen LogP contribution in [-0.2, 0) is 0 Å². The van der Waals surface area contributed by atoms with Crippen LogP contribution in [0.2, 0.25) is 0 Å². The zero-order valence-electron chi connectivity index (χ0n) is 12.2. The van der Waals surface area contributed by atoms with Crippen molar-refractivity contribution < 1.29 is 0 Å². The van der Waals surface area contributed by atoms with E-state index in [0.29, 0.717) is 0 Å². The predicted octanol–water partition coefficient (Wildman–Crippen LogP) is 3.52. The average Bonchev–Trinajstić information content (AvgIpc) is 2.90. The second-order valence-corrected chi connectivity index (χ2v) is 5.72. The van der Waals surface area contributed by atoms with Gasteiger partial charge in [-0.15, -0.1) is 0 Å². The molecule has 0 unspecified atom stereocenters. The van der Waals surface area contributed by atoms with E-state index in [1.165, 1.54) is 37.7 Å². The predicted molar refractivity (Wildman–Crippen MR) is 83.7 cm³/mol. The third-order valence-corrected chi connectivity index (χ3v) is 4.23. The van der Waals surface area contributed by atoms with E-state index in [9.17, 15) is 0 Å². The summed E-state index contributed by atoms with van der Waals surface area (Å²) in [5.41, 5.74) is 3.61. The van der Waals surface area contributed by atoms with Crippen molar-refractivity contribution in [1.29, 1.82) is 0 Å². The first-order valence-corrected chi connectivity index (χ1v) is 7.65. The van der Waals surface area contributed by atoms with Gasteiger partial charge in [-0.25, -0.2) is 4.98 Å². The molecule has 1 fully saturated rings. The van der Waals surface area contributed by atoms with Gasteiger partial charge in [0.2, 0.25) is 0 Å². The zero-order chi connectivity index (χ0) is 13.8. The smallest absolute Gasteiger partial charge is 0.137 e. The lowest BCUT2D eigenvalue weighted by Gasteiger charge is -2.24. The van der Waals surface area contributed by atoms with E-state index in [1.54, 1.807) is 0 Å². The second-order valence-electron chi connectivity index (χ2n) is 5.72. The number of rotatable bonds is 4. The monoisotopic (exact) mass is 269 g/mol. The molecule has 2 aromatic rings. The molecule has 0 spiro atoms. The lowest BCUT2D eigenvalue weighted by Crippen LogP contribution is -2.19. The highest BCUT2D eigenvalue weighted by Gasteiger charge is 2.17. The zero-order valence-corrected chi connectivity index (χ0v) is 12.2. The summed E-state index contributed by atoms with van der Waals surface area (Å²) in [6, 6.07) is 6.12. The molecule has 106 valence electrons. The molecule has 1 aliphatic rings. The van der Waals surface area contributed by atoms with Crippen LogP contribution in [0, 0.1) is 5.92 Å². The molecule has 0 amide bonds.